The molecule has 5 rings (SSSR count). The number of aromatic amines is 1. The number of imidazole rings is 1. The highest BCUT2D eigenvalue weighted by molar-refractivity contribution is 6.30. The van der Waals surface area contributed by atoms with Crippen molar-refractivity contribution in [2.45, 2.75) is 18.9 Å². The largest absolute Gasteiger partial charge is 0.453 e. The first-order valence-corrected chi connectivity index (χ1v) is 13.7. The van der Waals surface area contributed by atoms with Crippen LogP contribution in [-0.2, 0) is 14.3 Å². The molecule has 1 aliphatic heterocycles. The monoisotopic (exact) mass is 604 g/mol. The van der Waals surface area contributed by atoms with Crippen molar-refractivity contribution in [2.24, 2.45) is 0 Å². The minimum absolute atomic E-state index is 0.185. The molecule has 3 amide bonds. The van der Waals surface area contributed by atoms with E-state index in [9.17, 15) is 14.4 Å². The molecule has 0 fully saturated rings. The van der Waals surface area contributed by atoms with Crippen LogP contribution in [0.2, 0.25) is 5.02 Å². The SMILES string of the molecule is COC(=O)Nc1ccc2c(c1)NC(=O)CCN(C)CCC(NC(=O)C=Cc1cc(Cl)ccc1-n1cnnn1)c1nc-2c[nH]1. The number of amides is 3. The third-order valence-corrected chi connectivity index (χ3v) is 7.00. The van der Waals surface area contributed by atoms with Crippen LogP contribution >= 0.6 is 11.6 Å². The van der Waals surface area contributed by atoms with Gasteiger partial charge < -0.3 is 25.3 Å². The molecule has 222 valence electrons. The Morgan fingerprint density at radius 2 is 2.05 bits per heavy atom. The van der Waals surface area contributed by atoms with Gasteiger partial charge >= 0.3 is 6.09 Å². The summed E-state index contributed by atoms with van der Waals surface area (Å²) in [5, 5.41) is 20.3. The van der Waals surface area contributed by atoms with E-state index in [-0.39, 0.29) is 18.2 Å². The van der Waals surface area contributed by atoms with Crippen LogP contribution in [0, 0.1) is 0 Å². The second kappa shape index (κ2) is 13.3. The Kier molecular flexibility index (Phi) is 9.08. The molecule has 0 saturated carbocycles. The van der Waals surface area contributed by atoms with Crippen molar-refractivity contribution in [3.63, 3.8) is 0 Å². The Hall–Kier alpha value is -5.08. The number of hydrogen-bond acceptors (Lipinski definition) is 9. The molecule has 0 aliphatic carbocycles. The van der Waals surface area contributed by atoms with Crippen molar-refractivity contribution in [2.75, 3.05) is 37.9 Å². The number of anilines is 2. The summed E-state index contributed by atoms with van der Waals surface area (Å²) < 4.78 is 6.16. The third-order valence-electron chi connectivity index (χ3n) is 6.77. The smallest absolute Gasteiger partial charge is 0.411 e. The first-order valence-electron chi connectivity index (χ1n) is 13.3. The van der Waals surface area contributed by atoms with Gasteiger partial charge in [-0.25, -0.2) is 9.78 Å². The molecule has 14 nitrogen and oxygen atoms in total. The number of halogens is 1. The molecule has 2 aromatic carbocycles. The van der Waals surface area contributed by atoms with E-state index in [0.29, 0.717) is 64.2 Å². The van der Waals surface area contributed by atoms with Crippen LogP contribution in [0.4, 0.5) is 16.2 Å². The van der Waals surface area contributed by atoms with Crippen LogP contribution < -0.4 is 16.0 Å². The fraction of sp³-hybridized carbons (Fsp3) is 0.250. The maximum atomic E-state index is 13.2. The summed E-state index contributed by atoms with van der Waals surface area (Å²) in [5.74, 6) is 0.0271. The van der Waals surface area contributed by atoms with Gasteiger partial charge in [-0.05, 0) is 66.4 Å². The summed E-state index contributed by atoms with van der Waals surface area (Å²) in [6.07, 6.45) is 6.38. The van der Waals surface area contributed by atoms with Gasteiger partial charge in [0.1, 0.15) is 12.2 Å². The van der Waals surface area contributed by atoms with E-state index < -0.39 is 12.1 Å². The summed E-state index contributed by atoms with van der Waals surface area (Å²) in [4.78, 5) is 47.7. The molecule has 0 radical (unpaired) electrons. The summed E-state index contributed by atoms with van der Waals surface area (Å²) in [6.45, 7) is 1.09. The first-order chi connectivity index (χ1) is 20.8. The molecule has 2 aromatic heterocycles. The molecule has 1 atom stereocenters. The number of tetrazole rings is 1. The lowest BCUT2D eigenvalue weighted by Gasteiger charge is -2.21. The Morgan fingerprint density at radius 1 is 1.19 bits per heavy atom. The molecule has 4 aromatic rings. The average molecular weight is 605 g/mol. The first kappa shape index (κ1) is 29.4. The number of carbonyl (C=O) groups is 3. The van der Waals surface area contributed by atoms with Crippen LogP contribution in [0.1, 0.15) is 30.3 Å². The van der Waals surface area contributed by atoms with Gasteiger partial charge in [0.05, 0.1) is 30.2 Å². The number of nitrogens with one attached hydrogen (secondary N) is 4. The van der Waals surface area contributed by atoms with Crippen molar-refractivity contribution in [3.05, 3.63) is 71.4 Å². The van der Waals surface area contributed by atoms with Crippen LogP contribution in [0.5, 0.6) is 0 Å². The van der Waals surface area contributed by atoms with Crippen molar-refractivity contribution in [1.82, 2.24) is 40.4 Å². The highest BCUT2D eigenvalue weighted by atomic mass is 35.5. The zero-order chi connectivity index (χ0) is 30.3. The van der Waals surface area contributed by atoms with E-state index in [2.05, 4.69) is 41.2 Å². The van der Waals surface area contributed by atoms with Crippen LogP contribution in [-0.4, -0.2) is 80.2 Å². The third kappa shape index (κ3) is 7.42. The van der Waals surface area contributed by atoms with E-state index in [4.69, 9.17) is 16.6 Å². The number of methoxy groups -OCH3 is 1. The van der Waals surface area contributed by atoms with E-state index in [1.165, 1.54) is 24.2 Å². The van der Waals surface area contributed by atoms with Crippen LogP contribution in [0.25, 0.3) is 23.0 Å². The quantitative estimate of drug-likeness (QED) is 0.249. The Balaban J connectivity index is 1.41. The van der Waals surface area contributed by atoms with E-state index in [1.54, 1.807) is 48.7 Å². The Morgan fingerprint density at radius 3 is 2.84 bits per heavy atom. The highest BCUT2D eigenvalue weighted by Crippen LogP contribution is 2.31. The van der Waals surface area contributed by atoms with E-state index in [0.717, 1.165) is 0 Å². The lowest BCUT2D eigenvalue weighted by atomic mass is 10.1. The molecule has 2 bridgehead atoms. The number of benzene rings is 2. The molecule has 15 heteroatoms. The van der Waals surface area contributed by atoms with Crippen molar-refractivity contribution in [3.8, 4) is 16.9 Å². The predicted molar refractivity (Wildman–Crippen MR) is 159 cm³/mol. The van der Waals surface area contributed by atoms with Gasteiger partial charge in [-0.15, -0.1) is 5.10 Å². The number of nitrogens with zero attached hydrogens (tertiary/aromatic N) is 6. The summed E-state index contributed by atoms with van der Waals surface area (Å²) in [5.41, 5.74) is 3.43. The zero-order valence-corrected chi connectivity index (χ0v) is 24.1. The van der Waals surface area contributed by atoms with Crippen LogP contribution in [0.15, 0.2) is 55.0 Å². The summed E-state index contributed by atoms with van der Waals surface area (Å²) in [7, 11) is 3.18. The topological polar surface area (TPSA) is 172 Å². The fourth-order valence-corrected chi connectivity index (χ4v) is 4.72. The number of fused-ring (bicyclic) bond motifs is 4. The van der Waals surface area contributed by atoms with Gasteiger partial charge in [-0.3, -0.25) is 14.9 Å². The molecular weight excluding hydrogens is 576 g/mol. The zero-order valence-electron chi connectivity index (χ0n) is 23.4. The van der Waals surface area contributed by atoms with Crippen molar-refractivity contribution < 1.29 is 19.1 Å². The van der Waals surface area contributed by atoms with Crippen LogP contribution in [0.3, 0.4) is 0 Å². The minimum atomic E-state index is -0.630. The normalized spacial score (nSPS) is 15.9. The number of hydrogen-bond donors (Lipinski definition) is 4. The highest BCUT2D eigenvalue weighted by Gasteiger charge is 2.21. The molecular formula is C28H29ClN10O4. The molecule has 4 N–H and O–H groups in total. The van der Waals surface area contributed by atoms with E-state index >= 15 is 0 Å². The molecule has 0 saturated heterocycles. The van der Waals surface area contributed by atoms with Gasteiger partial charge in [0.15, 0.2) is 0 Å². The molecule has 3 heterocycles. The fourth-order valence-electron chi connectivity index (χ4n) is 4.54. The Bertz CT molecular complexity index is 1650. The van der Waals surface area contributed by atoms with Gasteiger partial charge in [0, 0.05) is 53.6 Å². The number of carbonyl (C=O) groups excluding carboxylic acids is 3. The average Bonchev–Trinajstić information content (AvgIpc) is 3.70. The molecule has 1 aliphatic rings. The van der Waals surface area contributed by atoms with E-state index in [1.807, 2.05) is 11.9 Å². The predicted octanol–water partition coefficient (Wildman–Crippen LogP) is 3.42. The van der Waals surface area contributed by atoms with Gasteiger partial charge in [0.25, 0.3) is 0 Å². The molecule has 0 spiro atoms. The lowest BCUT2D eigenvalue weighted by Crippen LogP contribution is -2.32. The number of H-pyrrole nitrogens is 1. The van der Waals surface area contributed by atoms with Crippen molar-refractivity contribution >= 4 is 47.0 Å². The number of ether oxygens (including phenoxy) is 1. The van der Waals surface area contributed by atoms with Gasteiger partial charge in [-0.1, -0.05) is 11.6 Å². The maximum absolute atomic E-state index is 13.2. The second-order valence-electron chi connectivity index (χ2n) is 9.79. The van der Waals surface area contributed by atoms with Crippen molar-refractivity contribution in [1.29, 1.82) is 0 Å². The molecule has 1 unspecified atom stereocenters. The minimum Gasteiger partial charge on any atom is -0.453 e. The number of aromatic nitrogens is 6. The number of rotatable bonds is 5. The summed E-state index contributed by atoms with van der Waals surface area (Å²) >= 11 is 6.21. The standard InChI is InChI=1S/C28H29ClN10O4/c1-38-11-9-21(33-25(40)8-3-17-13-18(29)4-7-24(17)39-16-31-36-37-39)27-30-15-23(35-27)20-6-5-19(32-28(42)43-2)14-22(20)34-26(41)10-12-38/h3-8,13-16,21H,9-12H2,1-2H3,(H,30,35)(H,32,42)(H,33,40)(H,34,41). The summed E-state index contributed by atoms with van der Waals surface area (Å²) in [6, 6.07) is 9.81. The second-order valence-corrected chi connectivity index (χ2v) is 10.2. The Labute approximate surface area is 251 Å². The maximum Gasteiger partial charge on any atom is 0.411 e. The van der Waals surface area contributed by atoms with Gasteiger partial charge in [-0.2, -0.15) is 4.68 Å². The van der Waals surface area contributed by atoms with Gasteiger partial charge in [0.2, 0.25) is 11.8 Å². The lowest BCUT2D eigenvalue weighted by molar-refractivity contribution is -0.117. The molecule has 43 heavy (non-hydrogen) atoms.